The lowest BCUT2D eigenvalue weighted by Crippen LogP contribution is -2.51. The molecule has 0 saturated carbocycles. The van der Waals surface area contributed by atoms with Crippen LogP contribution in [-0.2, 0) is 4.79 Å². The van der Waals surface area contributed by atoms with Crippen molar-refractivity contribution in [1.82, 2.24) is 14.9 Å². The summed E-state index contributed by atoms with van der Waals surface area (Å²) in [7, 11) is 0. The molecule has 1 unspecified atom stereocenters. The lowest BCUT2D eigenvalue weighted by atomic mass is 10.1. The Labute approximate surface area is 110 Å². The van der Waals surface area contributed by atoms with Gasteiger partial charge in [-0.3, -0.25) is 4.79 Å². The van der Waals surface area contributed by atoms with Crippen molar-refractivity contribution in [3.63, 3.8) is 0 Å². The van der Waals surface area contributed by atoms with E-state index in [-0.39, 0.29) is 17.2 Å². The first-order valence-corrected chi connectivity index (χ1v) is 6.35. The van der Waals surface area contributed by atoms with E-state index in [1.165, 1.54) is 6.20 Å². The molecule has 3 rings (SSSR count). The quantitative estimate of drug-likeness (QED) is 0.751. The van der Waals surface area contributed by atoms with Gasteiger partial charge in [-0.25, -0.2) is 4.98 Å². The van der Waals surface area contributed by atoms with Crippen LogP contribution in [0.4, 0.5) is 11.5 Å². The molecule has 1 aromatic heterocycles. The summed E-state index contributed by atoms with van der Waals surface area (Å²) in [6.45, 7) is 2.23. The van der Waals surface area contributed by atoms with Gasteiger partial charge in [0.2, 0.25) is 11.2 Å². The second kappa shape index (κ2) is 4.28. The summed E-state index contributed by atoms with van der Waals surface area (Å²) in [5.41, 5.74) is 6.40. The van der Waals surface area contributed by atoms with Crippen LogP contribution < -0.4 is 10.6 Å². The van der Waals surface area contributed by atoms with Gasteiger partial charge in [0.25, 0.3) is 0 Å². The molecule has 18 heavy (non-hydrogen) atoms. The number of hydrogen-bond acceptors (Lipinski definition) is 5. The van der Waals surface area contributed by atoms with Gasteiger partial charge < -0.3 is 15.5 Å². The summed E-state index contributed by atoms with van der Waals surface area (Å²) in [5.74, 6) is 0.933. The van der Waals surface area contributed by atoms with Gasteiger partial charge in [-0.2, -0.15) is 4.98 Å². The molecule has 2 aliphatic heterocycles. The fourth-order valence-electron chi connectivity index (χ4n) is 2.67. The molecular formula is C11H14ClN5O. The second-order valence-corrected chi connectivity index (χ2v) is 4.98. The Kier molecular flexibility index (Phi) is 2.74. The van der Waals surface area contributed by atoms with E-state index in [4.69, 9.17) is 17.3 Å². The Morgan fingerprint density at radius 2 is 2.28 bits per heavy atom. The molecule has 0 aromatic carbocycles. The molecular weight excluding hydrogens is 254 g/mol. The topological polar surface area (TPSA) is 75.3 Å². The van der Waals surface area contributed by atoms with Crippen molar-refractivity contribution in [3.8, 4) is 0 Å². The molecule has 3 heterocycles. The molecule has 2 fully saturated rings. The largest absolute Gasteiger partial charge is 0.394 e. The zero-order valence-corrected chi connectivity index (χ0v) is 10.6. The number of carbonyl (C=O) groups is 1. The number of rotatable bonds is 1. The zero-order valence-electron chi connectivity index (χ0n) is 9.84. The highest BCUT2D eigenvalue weighted by Crippen LogP contribution is 2.28. The predicted octanol–water partition coefficient (Wildman–Crippen LogP) is 0.523. The van der Waals surface area contributed by atoms with E-state index < -0.39 is 0 Å². The summed E-state index contributed by atoms with van der Waals surface area (Å²) in [6, 6.07) is 0.277. The van der Waals surface area contributed by atoms with Gasteiger partial charge in [0.05, 0.1) is 11.9 Å². The number of hydrogen-bond donors (Lipinski definition) is 1. The monoisotopic (exact) mass is 267 g/mol. The highest BCUT2D eigenvalue weighted by Gasteiger charge is 2.36. The van der Waals surface area contributed by atoms with Crippen LogP contribution in [0.1, 0.15) is 12.8 Å². The number of fused-ring (bicyclic) bond motifs is 1. The molecule has 2 N–H and O–H groups in total. The minimum Gasteiger partial charge on any atom is -0.394 e. The van der Waals surface area contributed by atoms with Crippen LogP contribution in [0.2, 0.25) is 5.28 Å². The molecule has 2 saturated heterocycles. The van der Waals surface area contributed by atoms with E-state index >= 15 is 0 Å². The molecule has 0 radical (unpaired) electrons. The van der Waals surface area contributed by atoms with E-state index in [1.807, 2.05) is 4.90 Å². The summed E-state index contributed by atoms with van der Waals surface area (Å²) in [5, 5.41) is 0.198. The number of nitrogens with two attached hydrogens (primary N) is 1. The average molecular weight is 268 g/mol. The van der Waals surface area contributed by atoms with Crippen LogP contribution in [-0.4, -0.2) is 46.5 Å². The normalized spacial score (nSPS) is 23.4. The summed E-state index contributed by atoms with van der Waals surface area (Å²) in [4.78, 5) is 23.7. The molecule has 2 aliphatic rings. The van der Waals surface area contributed by atoms with Crippen molar-refractivity contribution in [2.24, 2.45) is 0 Å². The minimum atomic E-state index is 0.198. The molecule has 1 aromatic rings. The third-order valence-electron chi connectivity index (χ3n) is 3.56. The smallest absolute Gasteiger partial charge is 0.224 e. The fraction of sp³-hybridized carbons (Fsp3) is 0.545. The van der Waals surface area contributed by atoms with E-state index in [9.17, 15) is 4.79 Å². The average Bonchev–Trinajstić information content (AvgIpc) is 2.74. The van der Waals surface area contributed by atoms with Gasteiger partial charge in [0.1, 0.15) is 0 Å². The van der Waals surface area contributed by atoms with Gasteiger partial charge in [0.15, 0.2) is 5.82 Å². The van der Waals surface area contributed by atoms with Crippen molar-refractivity contribution in [1.29, 1.82) is 0 Å². The number of nitrogen functional groups attached to an aromatic ring is 1. The van der Waals surface area contributed by atoms with Crippen LogP contribution in [0.15, 0.2) is 6.20 Å². The van der Waals surface area contributed by atoms with Crippen LogP contribution in [0, 0.1) is 0 Å². The molecule has 7 heteroatoms. The number of amides is 1. The van der Waals surface area contributed by atoms with Crippen molar-refractivity contribution >= 4 is 29.0 Å². The summed E-state index contributed by atoms with van der Waals surface area (Å²) in [6.07, 6.45) is 3.09. The number of piperazine rings is 1. The second-order valence-electron chi connectivity index (χ2n) is 4.64. The van der Waals surface area contributed by atoms with E-state index in [0.29, 0.717) is 17.9 Å². The van der Waals surface area contributed by atoms with Crippen molar-refractivity contribution in [2.45, 2.75) is 18.9 Å². The number of aromatic nitrogens is 2. The maximum absolute atomic E-state index is 11.6. The Morgan fingerprint density at radius 1 is 1.44 bits per heavy atom. The van der Waals surface area contributed by atoms with Gasteiger partial charge in [0, 0.05) is 32.1 Å². The van der Waals surface area contributed by atoms with Crippen molar-refractivity contribution in [3.05, 3.63) is 11.5 Å². The van der Waals surface area contributed by atoms with Gasteiger partial charge in [-0.1, -0.05) is 0 Å². The molecule has 0 aliphatic carbocycles. The van der Waals surface area contributed by atoms with Crippen molar-refractivity contribution in [2.75, 3.05) is 30.3 Å². The number of nitrogens with zero attached hydrogens (tertiary/aromatic N) is 4. The lowest BCUT2D eigenvalue weighted by molar-refractivity contribution is -0.129. The third kappa shape index (κ3) is 1.86. The first-order valence-electron chi connectivity index (χ1n) is 5.97. The van der Waals surface area contributed by atoms with Crippen LogP contribution in [0.5, 0.6) is 0 Å². The predicted molar refractivity (Wildman–Crippen MR) is 68.4 cm³/mol. The van der Waals surface area contributed by atoms with Gasteiger partial charge in [-0.05, 0) is 18.0 Å². The maximum atomic E-state index is 11.6. The van der Waals surface area contributed by atoms with E-state index in [1.54, 1.807) is 0 Å². The summed E-state index contributed by atoms with van der Waals surface area (Å²) < 4.78 is 0. The SMILES string of the molecule is Nc1cnc(Cl)nc1N1CCN2C(=O)CCC2C1. The van der Waals surface area contributed by atoms with Crippen LogP contribution in [0.3, 0.4) is 0 Å². The van der Waals surface area contributed by atoms with Gasteiger partial charge >= 0.3 is 0 Å². The standard InChI is InChI=1S/C11H14ClN5O/c12-11-14-5-8(13)10(15-11)16-3-4-17-7(6-16)1-2-9(17)18/h5,7H,1-4,6,13H2. The first-order chi connectivity index (χ1) is 8.65. The number of carbonyl (C=O) groups excluding carboxylic acids is 1. The Balaban J connectivity index is 1.82. The maximum Gasteiger partial charge on any atom is 0.224 e. The van der Waals surface area contributed by atoms with Crippen LogP contribution in [0.25, 0.3) is 0 Å². The molecule has 1 amide bonds. The molecule has 6 nitrogen and oxygen atoms in total. The zero-order chi connectivity index (χ0) is 12.7. The Hall–Kier alpha value is -1.56. The summed E-state index contributed by atoms with van der Waals surface area (Å²) >= 11 is 5.80. The lowest BCUT2D eigenvalue weighted by Gasteiger charge is -2.38. The van der Waals surface area contributed by atoms with Gasteiger partial charge in [-0.15, -0.1) is 0 Å². The highest BCUT2D eigenvalue weighted by molar-refractivity contribution is 6.28. The molecule has 96 valence electrons. The number of halogens is 1. The number of anilines is 2. The first kappa shape index (κ1) is 11.5. The molecule has 1 atom stereocenters. The molecule has 0 bridgehead atoms. The van der Waals surface area contributed by atoms with E-state index in [0.717, 1.165) is 26.1 Å². The highest BCUT2D eigenvalue weighted by atomic mass is 35.5. The Bertz CT molecular complexity index is 494. The van der Waals surface area contributed by atoms with E-state index in [2.05, 4.69) is 14.9 Å². The van der Waals surface area contributed by atoms with Crippen molar-refractivity contribution < 1.29 is 4.79 Å². The van der Waals surface area contributed by atoms with Crippen LogP contribution >= 0.6 is 11.6 Å². The Morgan fingerprint density at radius 3 is 3.11 bits per heavy atom. The third-order valence-corrected chi connectivity index (χ3v) is 3.74. The minimum absolute atomic E-state index is 0.198. The fourth-order valence-corrected chi connectivity index (χ4v) is 2.80. The molecule has 0 spiro atoms.